The van der Waals surface area contributed by atoms with Gasteiger partial charge >= 0.3 is 0 Å². The molecule has 1 atom stereocenters. The molecule has 2 aromatic rings. The van der Waals surface area contributed by atoms with Gasteiger partial charge in [-0.3, -0.25) is 10.1 Å². The van der Waals surface area contributed by atoms with Gasteiger partial charge in [-0.1, -0.05) is 24.3 Å². The van der Waals surface area contributed by atoms with Crippen LogP contribution in [0.3, 0.4) is 0 Å². The van der Waals surface area contributed by atoms with Crippen LogP contribution in [-0.2, 0) is 12.8 Å². The molecular formula is C18H18N2O2S. The number of methoxy groups -OCH3 is 1. The van der Waals surface area contributed by atoms with Crippen LogP contribution in [0.15, 0.2) is 48.5 Å². The second-order valence-corrected chi connectivity index (χ2v) is 5.94. The van der Waals surface area contributed by atoms with Crippen molar-refractivity contribution in [2.24, 2.45) is 0 Å². The smallest absolute Gasteiger partial charge is 0.257 e. The van der Waals surface area contributed by atoms with E-state index < -0.39 is 0 Å². The fraction of sp³-hybridized carbons (Fsp3) is 0.222. The first-order valence-electron chi connectivity index (χ1n) is 7.48. The Bertz CT molecular complexity index is 731. The van der Waals surface area contributed by atoms with Crippen molar-refractivity contribution in [2.45, 2.75) is 18.9 Å². The average molecular weight is 326 g/mol. The van der Waals surface area contributed by atoms with Gasteiger partial charge in [0.1, 0.15) is 5.75 Å². The van der Waals surface area contributed by atoms with E-state index in [4.69, 9.17) is 17.0 Å². The van der Waals surface area contributed by atoms with Gasteiger partial charge in [-0.25, -0.2) is 0 Å². The number of carbonyl (C=O) groups is 1. The third-order valence-corrected chi connectivity index (χ3v) is 4.16. The minimum Gasteiger partial charge on any atom is -0.497 e. The van der Waals surface area contributed by atoms with Crippen molar-refractivity contribution < 1.29 is 9.53 Å². The molecule has 0 aromatic heterocycles. The van der Waals surface area contributed by atoms with Gasteiger partial charge < -0.3 is 10.1 Å². The van der Waals surface area contributed by atoms with E-state index in [-0.39, 0.29) is 11.9 Å². The Labute approximate surface area is 140 Å². The van der Waals surface area contributed by atoms with Crippen LogP contribution in [-0.4, -0.2) is 24.2 Å². The number of rotatable bonds is 3. The first-order chi connectivity index (χ1) is 11.2. The maximum absolute atomic E-state index is 12.1. The van der Waals surface area contributed by atoms with E-state index in [1.807, 2.05) is 24.3 Å². The predicted molar refractivity (Wildman–Crippen MR) is 93.8 cm³/mol. The van der Waals surface area contributed by atoms with Crippen molar-refractivity contribution in [3.05, 3.63) is 65.2 Å². The first-order valence-corrected chi connectivity index (χ1v) is 7.89. The fourth-order valence-electron chi connectivity index (χ4n) is 2.81. The summed E-state index contributed by atoms with van der Waals surface area (Å²) >= 11 is 5.26. The van der Waals surface area contributed by atoms with E-state index in [0.29, 0.717) is 10.7 Å². The molecule has 0 aliphatic heterocycles. The lowest BCUT2D eigenvalue weighted by Crippen LogP contribution is -2.44. The number of benzene rings is 2. The lowest BCUT2D eigenvalue weighted by Gasteiger charge is -2.15. The van der Waals surface area contributed by atoms with Gasteiger partial charge in [-0.15, -0.1) is 0 Å². The Hall–Kier alpha value is -2.40. The van der Waals surface area contributed by atoms with E-state index in [0.717, 1.165) is 18.6 Å². The SMILES string of the molecule is COc1ccc2c(c1)CC(NC(=S)NC(=O)c1ccccc1)C2. The molecule has 4 nitrogen and oxygen atoms in total. The van der Waals surface area contributed by atoms with Gasteiger partial charge in [-0.05, 0) is 60.5 Å². The average Bonchev–Trinajstić information content (AvgIpc) is 2.96. The second-order valence-electron chi connectivity index (χ2n) is 5.53. The number of nitrogens with one attached hydrogen (secondary N) is 2. The van der Waals surface area contributed by atoms with E-state index >= 15 is 0 Å². The van der Waals surface area contributed by atoms with Crippen LogP contribution in [0.25, 0.3) is 0 Å². The number of ether oxygens (including phenoxy) is 1. The summed E-state index contributed by atoms with van der Waals surface area (Å²) in [5, 5.41) is 6.32. The van der Waals surface area contributed by atoms with Gasteiger partial charge in [0.25, 0.3) is 5.91 Å². The molecule has 2 aromatic carbocycles. The Morgan fingerprint density at radius 1 is 1.13 bits per heavy atom. The van der Waals surface area contributed by atoms with E-state index in [1.165, 1.54) is 11.1 Å². The van der Waals surface area contributed by atoms with Gasteiger partial charge in [-0.2, -0.15) is 0 Å². The third-order valence-electron chi connectivity index (χ3n) is 3.94. The highest BCUT2D eigenvalue weighted by molar-refractivity contribution is 7.80. The summed E-state index contributed by atoms with van der Waals surface area (Å²) in [4.78, 5) is 12.1. The highest BCUT2D eigenvalue weighted by atomic mass is 32.1. The normalized spacial score (nSPS) is 15.6. The minimum atomic E-state index is -0.194. The standard InChI is InChI=1S/C18H18N2O2S/c1-22-16-8-7-13-9-15(10-14(13)11-16)19-18(23)20-17(21)12-5-3-2-4-6-12/h2-8,11,15H,9-10H2,1H3,(H2,19,20,21,23). The number of hydrogen-bond acceptors (Lipinski definition) is 3. The molecule has 0 radical (unpaired) electrons. The molecule has 23 heavy (non-hydrogen) atoms. The Morgan fingerprint density at radius 3 is 2.61 bits per heavy atom. The van der Waals surface area contributed by atoms with Gasteiger partial charge in [0, 0.05) is 11.6 Å². The maximum atomic E-state index is 12.1. The molecule has 0 heterocycles. The molecule has 3 rings (SSSR count). The summed E-state index contributed by atoms with van der Waals surface area (Å²) in [6.07, 6.45) is 1.76. The van der Waals surface area contributed by atoms with Crippen molar-refractivity contribution in [3.8, 4) is 5.75 Å². The van der Waals surface area contributed by atoms with E-state index in [1.54, 1.807) is 19.2 Å². The highest BCUT2D eigenvalue weighted by Gasteiger charge is 2.22. The molecule has 118 valence electrons. The Morgan fingerprint density at radius 2 is 1.87 bits per heavy atom. The zero-order chi connectivity index (χ0) is 16.2. The summed E-state index contributed by atoms with van der Waals surface area (Å²) in [7, 11) is 1.67. The fourth-order valence-corrected chi connectivity index (χ4v) is 3.07. The van der Waals surface area contributed by atoms with E-state index in [9.17, 15) is 4.79 Å². The molecule has 2 N–H and O–H groups in total. The van der Waals surface area contributed by atoms with Crippen LogP contribution in [0.1, 0.15) is 21.5 Å². The molecule has 1 aliphatic rings. The molecule has 0 spiro atoms. The minimum absolute atomic E-state index is 0.194. The summed E-state index contributed by atoms with van der Waals surface area (Å²) in [5.74, 6) is 0.671. The topological polar surface area (TPSA) is 50.4 Å². The maximum Gasteiger partial charge on any atom is 0.257 e. The lowest BCUT2D eigenvalue weighted by molar-refractivity contribution is 0.0976. The van der Waals surface area contributed by atoms with Crippen LogP contribution >= 0.6 is 12.2 Å². The third kappa shape index (κ3) is 3.68. The molecule has 0 fully saturated rings. The zero-order valence-corrected chi connectivity index (χ0v) is 13.7. The zero-order valence-electron chi connectivity index (χ0n) is 12.8. The molecule has 1 amide bonds. The molecule has 1 aliphatic carbocycles. The summed E-state index contributed by atoms with van der Waals surface area (Å²) in [5.41, 5.74) is 3.15. The van der Waals surface area contributed by atoms with Crippen molar-refractivity contribution in [1.82, 2.24) is 10.6 Å². The van der Waals surface area contributed by atoms with Crippen LogP contribution in [0.4, 0.5) is 0 Å². The molecule has 5 heteroatoms. The van der Waals surface area contributed by atoms with Crippen molar-refractivity contribution >= 4 is 23.2 Å². The van der Waals surface area contributed by atoms with E-state index in [2.05, 4.69) is 22.8 Å². The predicted octanol–water partition coefficient (Wildman–Crippen LogP) is 2.47. The van der Waals surface area contributed by atoms with Crippen molar-refractivity contribution in [3.63, 3.8) is 0 Å². The van der Waals surface area contributed by atoms with Gasteiger partial charge in [0.15, 0.2) is 5.11 Å². The number of amides is 1. The molecule has 1 unspecified atom stereocenters. The second kappa shape index (κ2) is 6.79. The number of fused-ring (bicyclic) bond motifs is 1. The van der Waals surface area contributed by atoms with Crippen molar-refractivity contribution in [1.29, 1.82) is 0 Å². The van der Waals surface area contributed by atoms with Crippen LogP contribution < -0.4 is 15.4 Å². The number of hydrogen-bond donors (Lipinski definition) is 2. The largest absolute Gasteiger partial charge is 0.497 e. The quantitative estimate of drug-likeness (QED) is 0.851. The van der Waals surface area contributed by atoms with Crippen LogP contribution in [0.2, 0.25) is 0 Å². The summed E-state index contributed by atoms with van der Waals surface area (Å²) in [6.45, 7) is 0. The first kappa shape index (κ1) is 15.5. The van der Waals surface area contributed by atoms with Gasteiger partial charge in [0.2, 0.25) is 0 Å². The monoisotopic (exact) mass is 326 g/mol. The lowest BCUT2D eigenvalue weighted by atomic mass is 10.1. The van der Waals surface area contributed by atoms with Crippen LogP contribution in [0.5, 0.6) is 5.75 Å². The summed E-state index contributed by atoms with van der Waals surface area (Å²) < 4.78 is 5.25. The van der Waals surface area contributed by atoms with Gasteiger partial charge in [0.05, 0.1) is 7.11 Å². The Balaban J connectivity index is 1.56. The summed E-state index contributed by atoms with van der Waals surface area (Å²) in [6, 6.07) is 15.4. The molecule has 0 saturated heterocycles. The Kier molecular flexibility index (Phi) is 4.57. The number of thiocarbonyl (C=S) groups is 1. The molecular weight excluding hydrogens is 308 g/mol. The van der Waals surface area contributed by atoms with Crippen molar-refractivity contribution in [2.75, 3.05) is 7.11 Å². The highest BCUT2D eigenvalue weighted by Crippen LogP contribution is 2.26. The van der Waals surface area contributed by atoms with Crippen LogP contribution in [0, 0.1) is 0 Å². The molecule has 0 bridgehead atoms. The molecule has 0 saturated carbocycles. The number of carbonyl (C=O) groups excluding carboxylic acids is 1.